The number of hydrogen-bond donors (Lipinski definition) is 2. The van der Waals surface area contributed by atoms with Gasteiger partial charge in [0, 0.05) is 11.9 Å². The first kappa shape index (κ1) is 19.0. The molecule has 0 unspecified atom stereocenters. The number of amides is 1. The van der Waals surface area contributed by atoms with Crippen LogP contribution in [0.25, 0.3) is 0 Å². The van der Waals surface area contributed by atoms with Crippen molar-refractivity contribution in [2.24, 2.45) is 0 Å². The summed E-state index contributed by atoms with van der Waals surface area (Å²) >= 11 is 0. The van der Waals surface area contributed by atoms with Gasteiger partial charge in [-0.15, -0.1) is 0 Å². The lowest BCUT2D eigenvalue weighted by molar-refractivity contribution is 0.0600. The van der Waals surface area contributed by atoms with Crippen LogP contribution in [-0.2, 0) is 4.74 Å². The summed E-state index contributed by atoms with van der Waals surface area (Å²) in [7, 11) is 1.29. The maximum atomic E-state index is 13.6. The Morgan fingerprint density at radius 3 is 2.32 bits per heavy atom. The molecule has 0 spiro atoms. The Kier molecular flexibility index (Phi) is 5.59. The molecule has 142 valence electrons. The van der Waals surface area contributed by atoms with Crippen molar-refractivity contribution in [2.75, 3.05) is 17.7 Å². The number of ether oxygens (including phenoxy) is 1. The molecule has 0 saturated carbocycles. The first-order valence-electron chi connectivity index (χ1n) is 8.15. The van der Waals surface area contributed by atoms with Crippen LogP contribution in [0.2, 0.25) is 0 Å². The second kappa shape index (κ2) is 8.26. The average Bonchev–Trinajstić information content (AvgIpc) is 2.71. The molecule has 1 heterocycles. The van der Waals surface area contributed by atoms with Gasteiger partial charge in [0.25, 0.3) is 5.91 Å². The topological polar surface area (TPSA) is 80.3 Å². The van der Waals surface area contributed by atoms with Crippen LogP contribution in [0.5, 0.6) is 0 Å². The van der Waals surface area contributed by atoms with Gasteiger partial charge in [0.05, 0.1) is 18.2 Å². The van der Waals surface area contributed by atoms with Crippen molar-refractivity contribution in [3.8, 4) is 0 Å². The lowest BCUT2D eigenvalue weighted by atomic mass is 10.2. The number of rotatable bonds is 5. The maximum Gasteiger partial charge on any atom is 0.337 e. The second-order valence-corrected chi connectivity index (χ2v) is 5.68. The van der Waals surface area contributed by atoms with E-state index in [1.54, 1.807) is 24.3 Å². The number of nitrogens with zero attached hydrogens (tertiary/aromatic N) is 1. The third kappa shape index (κ3) is 4.29. The summed E-state index contributed by atoms with van der Waals surface area (Å²) in [5.41, 5.74) is 0.572. The number of nitrogens with one attached hydrogen (secondary N) is 2. The largest absolute Gasteiger partial charge is 0.465 e. The molecule has 2 aromatic carbocycles. The summed E-state index contributed by atoms with van der Waals surface area (Å²) in [6.45, 7) is 0. The van der Waals surface area contributed by atoms with Crippen molar-refractivity contribution in [3.05, 3.63) is 83.6 Å². The molecule has 1 amide bonds. The van der Waals surface area contributed by atoms with E-state index in [1.807, 2.05) is 0 Å². The lowest BCUT2D eigenvalue weighted by Gasteiger charge is -2.09. The van der Waals surface area contributed by atoms with Crippen LogP contribution in [0.4, 0.5) is 26.0 Å². The fourth-order valence-electron chi connectivity index (χ4n) is 2.39. The number of para-hydroxylation sites is 1. The van der Waals surface area contributed by atoms with Gasteiger partial charge in [0.2, 0.25) is 0 Å². The zero-order chi connectivity index (χ0) is 20.1. The molecule has 0 fully saturated rings. The normalized spacial score (nSPS) is 10.2. The highest BCUT2D eigenvalue weighted by atomic mass is 19.1. The summed E-state index contributed by atoms with van der Waals surface area (Å²) in [6, 6.07) is 12.9. The predicted octanol–water partition coefficient (Wildman–Crippen LogP) is 4.14. The maximum absolute atomic E-state index is 13.6. The minimum absolute atomic E-state index is 0.122. The highest BCUT2D eigenvalue weighted by Gasteiger charge is 2.14. The van der Waals surface area contributed by atoms with Crippen LogP contribution in [-0.4, -0.2) is 24.0 Å². The van der Waals surface area contributed by atoms with E-state index in [-0.39, 0.29) is 5.56 Å². The fraction of sp³-hybridized carbons (Fsp3) is 0.0500. The van der Waals surface area contributed by atoms with Gasteiger partial charge in [-0.1, -0.05) is 12.1 Å². The Balaban J connectivity index is 1.71. The molecule has 0 aliphatic carbocycles. The molecule has 3 aromatic rings. The van der Waals surface area contributed by atoms with Crippen LogP contribution in [0.1, 0.15) is 20.7 Å². The zero-order valence-electron chi connectivity index (χ0n) is 14.7. The van der Waals surface area contributed by atoms with E-state index in [9.17, 15) is 18.4 Å². The Bertz CT molecular complexity index is 1000. The third-order valence-electron chi connectivity index (χ3n) is 3.78. The number of carbonyl (C=O) groups excluding carboxylic acids is 2. The minimum Gasteiger partial charge on any atom is -0.465 e. The smallest absolute Gasteiger partial charge is 0.337 e. The van der Waals surface area contributed by atoms with Crippen LogP contribution in [0, 0.1) is 11.6 Å². The summed E-state index contributed by atoms with van der Waals surface area (Å²) in [4.78, 5) is 27.9. The number of pyridine rings is 1. The van der Waals surface area contributed by atoms with Crippen LogP contribution in [0.3, 0.4) is 0 Å². The number of carbonyl (C=O) groups is 2. The number of aromatic nitrogens is 1. The van der Waals surface area contributed by atoms with E-state index in [1.165, 1.54) is 31.5 Å². The van der Waals surface area contributed by atoms with E-state index >= 15 is 0 Å². The number of esters is 1. The van der Waals surface area contributed by atoms with Crippen molar-refractivity contribution in [1.82, 2.24) is 4.98 Å². The van der Waals surface area contributed by atoms with Crippen molar-refractivity contribution >= 4 is 29.1 Å². The summed E-state index contributed by atoms with van der Waals surface area (Å²) in [5.74, 6) is -2.49. The van der Waals surface area contributed by atoms with Crippen molar-refractivity contribution in [1.29, 1.82) is 0 Å². The van der Waals surface area contributed by atoms with Gasteiger partial charge in [-0.05, 0) is 42.5 Å². The molecule has 0 saturated heterocycles. The van der Waals surface area contributed by atoms with Gasteiger partial charge in [0.15, 0.2) is 0 Å². The second-order valence-electron chi connectivity index (χ2n) is 5.68. The van der Waals surface area contributed by atoms with Crippen LogP contribution < -0.4 is 10.6 Å². The van der Waals surface area contributed by atoms with E-state index in [4.69, 9.17) is 0 Å². The van der Waals surface area contributed by atoms with E-state index in [0.717, 1.165) is 12.1 Å². The SMILES string of the molecule is COC(=O)c1cccc(Nc2ccc(C(=O)Nc3c(F)cccc3F)cn2)c1. The molecule has 0 aliphatic rings. The first-order valence-corrected chi connectivity index (χ1v) is 8.15. The molecule has 2 N–H and O–H groups in total. The Morgan fingerprint density at radius 2 is 1.68 bits per heavy atom. The molecule has 0 radical (unpaired) electrons. The van der Waals surface area contributed by atoms with E-state index < -0.39 is 29.2 Å². The predicted molar refractivity (Wildman–Crippen MR) is 99.6 cm³/mol. The first-order chi connectivity index (χ1) is 13.5. The molecule has 1 aromatic heterocycles. The third-order valence-corrected chi connectivity index (χ3v) is 3.78. The van der Waals surface area contributed by atoms with Gasteiger partial charge in [-0.3, -0.25) is 4.79 Å². The summed E-state index contributed by atoms with van der Waals surface area (Å²) in [5, 5.41) is 5.18. The van der Waals surface area contributed by atoms with Gasteiger partial charge in [-0.2, -0.15) is 0 Å². The zero-order valence-corrected chi connectivity index (χ0v) is 14.7. The number of halogens is 2. The average molecular weight is 383 g/mol. The van der Waals surface area contributed by atoms with Crippen molar-refractivity contribution in [3.63, 3.8) is 0 Å². The van der Waals surface area contributed by atoms with Crippen LogP contribution in [0.15, 0.2) is 60.8 Å². The van der Waals surface area contributed by atoms with E-state index in [0.29, 0.717) is 17.1 Å². The quantitative estimate of drug-likeness (QED) is 0.647. The summed E-state index contributed by atoms with van der Waals surface area (Å²) in [6.07, 6.45) is 1.26. The summed E-state index contributed by atoms with van der Waals surface area (Å²) < 4.78 is 31.9. The molecule has 28 heavy (non-hydrogen) atoms. The van der Waals surface area contributed by atoms with Crippen LogP contribution >= 0.6 is 0 Å². The fourth-order valence-corrected chi connectivity index (χ4v) is 2.39. The molecule has 0 bridgehead atoms. The Labute approximate surface area is 159 Å². The van der Waals surface area contributed by atoms with Gasteiger partial charge in [-0.25, -0.2) is 18.6 Å². The number of anilines is 3. The van der Waals surface area contributed by atoms with E-state index in [2.05, 4.69) is 20.4 Å². The molecular weight excluding hydrogens is 368 g/mol. The number of methoxy groups -OCH3 is 1. The molecule has 6 nitrogen and oxygen atoms in total. The molecule has 0 atom stereocenters. The standard InChI is InChI=1S/C20H15F2N3O3/c1-28-20(27)12-4-2-5-14(10-12)24-17-9-8-13(11-23-17)19(26)25-18-15(21)6-3-7-16(18)22/h2-11H,1H3,(H,23,24)(H,25,26). The van der Waals surface area contributed by atoms with Crippen molar-refractivity contribution < 1.29 is 23.1 Å². The number of benzene rings is 2. The highest BCUT2D eigenvalue weighted by molar-refractivity contribution is 6.04. The Morgan fingerprint density at radius 1 is 0.964 bits per heavy atom. The molecule has 0 aliphatic heterocycles. The molecule has 8 heteroatoms. The molecule has 3 rings (SSSR count). The van der Waals surface area contributed by atoms with Crippen molar-refractivity contribution in [2.45, 2.75) is 0 Å². The number of hydrogen-bond acceptors (Lipinski definition) is 5. The monoisotopic (exact) mass is 383 g/mol. The van der Waals surface area contributed by atoms with Gasteiger partial charge < -0.3 is 15.4 Å². The highest BCUT2D eigenvalue weighted by Crippen LogP contribution is 2.20. The molecular formula is C20H15F2N3O3. The Hall–Kier alpha value is -3.81. The van der Waals surface area contributed by atoms with Gasteiger partial charge in [0.1, 0.15) is 23.1 Å². The van der Waals surface area contributed by atoms with Gasteiger partial charge >= 0.3 is 5.97 Å². The lowest BCUT2D eigenvalue weighted by Crippen LogP contribution is -2.14. The minimum atomic E-state index is -0.870.